The Kier molecular flexibility index (Phi) is 4.45. The molecule has 0 bridgehead atoms. The lowest BCUT2D eigenvalue weighted by Gasteiger charge is -2.29. The van der Waals surface area contributed by atoms with E-state index in [1.54, 1.807) is 13.3 Å². The first-order valence-electron chi connectivity index (χ1n) is 6.98. The molecule has 1 atom stereocenters. The molecule has 1 N–H and O–H groups in total. The van der Waals surface area contributed by atoms with Crippen molar-refractivity contribution < 1.29 is 4.74 Å². The highest BCUT2D eigenvalue weighted by molar-refractivity contribution is 5.56. The summed E-state index contributed by atoms with van der Waals surface area (Å²) in [5.41, 5.74) is 2.09. The predicted molar refractivity (Wildman–Crippen MR) is 75.2 cm³/mol. The molecule has 0 saturated heterocycles. The van der Waals surface area contributed by atoms with E-state index in [-0.39, 0.29) is 0 Å². The zero-order chi connectivity index (χ0) is 13.0. The molecule has 1 aromatic rings. The van der Waals surface area contributed by atoms with Crippen molar-refractivity contribution in [3.8, 4) is 5.75 Å². The van der Waals surface area contributed by atoms with Gasteiger partial charge in [0.1, 0.15) is 0 Å². The average molecular weight is 248 g/mol. The second-order valence-corrected chi connectivity index (χ2v) is 5.36. The normalized spacial score (nSPS) is 18.4. The van der Waals surface area contributed by atoms with E-state index in [1.807, 2.05) is 6.92 Å². The van der Waals surface area contributed by atoms with Crippen LogP contribution in [0.2, 0.25) is 0 Å². The molecule has 0 amide bonds. The van der Waals surface area contributed by atoms with Gasteiger partial charge in [0, 0.05) is 11.7 Å². The Morgan fingerprint density at radius 3 is 2.72 bits per heavy atom. The largest absolute Gasteiger partial charge is 0.493 e. The van der Waals surface area contributed by atoms with Crippen molar-refractivity contribution in [2.75, 3.05) is 12.4 Å². The molecule has 0 radical (unpaired) electrons. The van der Waals surface area contributed by atoms with E-state index in [4.69, 9.17) is 4.74 Å². The van der Waals surface area contributed by atoms with Gasteiger partial charge in [-0.1, -0.05) is 19.3 Å². The van der Waals surface area contributed by atoms with Crippen LogP contribution < -0.4 is 10.1 Å². The van der Waals surface area contributed by atoms with Crippen molar-refractivity contribution in [3.63, 3.8) is 0 Å². The molecule has 0 spiro atoms. The fourth-order valence-corrected chi connectivity index (χ4v) is 2.82. The monoisotopic (exact) mass is 248 g/mol. The second-order valence-electron chi connectivity index (χ2n) is 5.36. The quantitative estimate of drug-likeness (QED) is 0.880. The Morgan fingerprint density at radius 1 is 1.33 bits per heavy atom. The molecule has 0 aliphatic heterocycles. The highest BCUT2D eigenvalue weighted by Gasteiger charge is 2.20. The first-order valence-corrected chi connectivity index (χ1v) is 6.98. The lowest BCUT2D eigenvalue weighted by molar-refractivity contribution is 0.327. The van der Waals surface area contributed by atoms with Gasteiger partial charge < -0.3 is 10.1 Å². The minimum absolute atomic E-state index is 0.501. The lowest BCUT2D eigenvalue weighted by Crippen LogP contribution is -2.27. The third-order valence-corrected chi connectivity index (χ3v) is 3.96. The summed E-state index contributed by atoms with van der Waals surface area (Å²) in [6.07, 6.45) is 8.65. The summed E-state index contributed by atoms with van der Waals surface area (Å²) in [4.78, 5) is 4.27. The molecule has 1 saturated carbocycles. The predicted octanol–water partition coefficient (Wildman–Crippen LogP) is 3.78. The van der Waals surface area contributed by atoms with Gasteiger partial charge in [-0.3, -0.25) is 4.98 Å². The minimum atomic E-state index is 0.501. The van der Waals surface area contributed by atoms with Crippen molar-refractivity contribution >= 4 is 5.69 Å². The number of nitrogens with one attached hydrogen (secondary N) is 1. The molecular formula is C15H24N2O. The number of anilines is 1. The van der Waals surface area contributed by atoms with E-state index in [0.29, 0.717) is 6.04 Å². The van der Waals surface area contributed by atoms with Gasteiger partial charge in [-0.15, -0.1) is 0 Å². The zero-order valence-electron chi connectivity index (χ0n) is 11.7. The first kappa shape index (κ1) is 13.2. The Hall–Kier alpha value is -1.25. The molecule has 100 valence electrons. The summed E-state index contributed by atoms with van der Waals surface area (Å²) >= 11 is 0. The second kappa shape index (κ2) is 6.07. The molecule has 1 aromatic heterocycles. The summed E-state index contributed by atoms with van der Waals surface area (Å²) in [6, 6.07) is 2.57. The van der Waals surface area contributed by atoms with Crippen LogP contribution in [0, 0.1) is 12.8 Å². The Bertz CT molecular complexity index is 386. The van der Waals surface area contributed by atoms with E-state index in [0.717, 1.165) is 23.0 Å². The molecule has 18 heavy (non-hydrogen) atoms. The maximum absolute atomic E-state index is 5.36. The molecular weight excluding hydrogens is 224 g/mol. The smallest absolute Gasteiger partial charge is 0.160 e. The van der Waals surface area contributed by atoms with Crippen LogP contribution in [0.15, 0.2) is 12.3 Å². The summed E-state index contributed by atoms with van der Waals surface area (Å²) in [5, 5.41) is 3.61. The van der Waals surface area contributed by atoms with Crippen molar-refractivity contribution in [2.24, 2.45) is 5.92 Å². The number of ether oxygens (including phenoxy) is 1. The van der Waals surface area contributed by atoms with Crippen molar-refractivity contribution in [2.45, 2.75) is 52.0 Å². The molecule has 1 aliphatic carbocycles. The van der Waals surface area contributed by atoms with Crippen LogP contribution in [0.4, 0.5) is 5.69 Å². The SMILES string of the molecule is COc1cnc(C)cc1NC(C)C1CCCCC1. The highest BCUT2D eigenvalue weighted by atomic mass is 16.5. The van der Waals surface area contributed by atoms with Crippen molar-refractivity contribution in [1.82, 2.24) is 4.98 Å². The highest BCUT2D eigenvalue weighted by Crippen LogP contribution is 2.30. The van der Waals surface area contributed by atoms with Gasteiger partial charge >= 0.3 is 0 Å². The van der Waals surface area contributed by atoms with E-state index < -0.39 is 0 Å². The van der Waals surface area contributed by atoms with Crippen molar-refractivity contribution in [3.05, 3.63) is 18.0 Å². The molecule has 1 heterocycles. The average Bonchev–Trinajstić information content (AvgIpc) is 2.40. The van der Waals surface area contributed by atoms with Crippen LogP contribution >= 0.6 is 0 Å². The molecule has 1 unspecified atom stereocenters. The molecule has 1 aliphatic rings. The van der Waals surface area contributed by atoms with Gasteiger partial charge in [0.25, 0.3) is 0 Å². The standard InChI is InChI=1S/C15H24N2O/c1-11-9-14(15(18-3)10-16-11)17-12(2)13-7-5-4-6-8-13/h9-10,12-13H,4-8H2,1-3H3,(H,16,17). The van der Waals surface area contributed by atoms with Gasteiger partial charge in [-0.05, 0) is 38.7 Å². The fourth-order valence-electron chi connectivity index (χ4n) is 2.82. The van der Waals surface area contributed by atoms with Gasteiger partial charge in [0.2, 0.25) is 0 Å². The number of hydrogen-bond acceptors (Lipinski definition) is 3. The maximum Gasteiger partial charge on any atom is 0.160 e. The Morgan fingerprint density at radius 2 is 2.06 bits per heavy atom. The lowest BCUT2D eigenvalue weighted by atomic mass is 9.84. The molecule has 1 fully saturated rings. The molecule has 3 heteroatoms. The number of aryl methyl sites for hydroxylation is 1. The number of aromatic nitrogens is 1. The summed E-state index contributed by atoms with van der Waals surface area (Å²) in [5.74, 6) is 1.63. The summed E-state index contributed by atoms with van der Waals surface area (Å²) in [6.45, 7) is 4.29. The van der Waals surface area contributed by atoms with E-state index in [2.05, 4.69) is 23.3 Å². The van der Waals surface area contributed by atoms with E-state index in [1.165, 1.54) is 32.1 Å². The zero-order valence-corrected chi connectivity index (χ0v) is 11.7. The number of rotatable bonds is 4. The fraction of sp³-hybridized carbons (Fsp3) is 0.667. The first-order chi connectivity index (χ1) is 8.70. The summed E-state index contributed by atoms with van der Waals surface area (Å²) < 4.78 is 5.36. The van der Waals surface area contributed by atoms with Gasteiger partial charge in [0.15, 0.2) is 5.75 Å². The molecule has 0 aromatic carbocycles. The van der Waals surface area contributed by atoms with E-state index in [9.17, 15) is 0 Å². The van der Waals surface area contributed by atoms with Crippen LogP contribution in [0.25, 0.3) is 0 Å². The topological polar surface area (TPSA) is 34.1 Å². The third kappa shape index (κ3) is 3.15. The maximum atomic E-state index is 5.36. The van der Waals surface area contributed by atoms with Gasteiger partial charge in [-0.2, -0.15) is 0 Å². The van der Waals surface area contributed by atoms with Gasteiger partial charge in [0.05, 0.1) is 19.0 Å². The summed E-state index contributed by atoms with van der Waals surface area (Å²) in [7, 11) is 1.70. The molecule has 2 rings (SSSR count). The van der Waals surface area contributed by atoms with Crippen LogP contribution in [0.1, 0.15) is 44.7 Å². The number of nitrogens with zero attached hydrogens (tertiary/aromatic N) is 1. The Balaban J connectivity index is 2.05. The van der Waals surface area contributed by atoms with Crippen molar-refractivity contribution in [1.29, 1.82) is 0 Å². The third-order valence-electron chi connectivity index (χ3n) is 3.96. The van der Waals surface area contributed by atoms with Gasteiger partial charge in [-0.25, -0.2) is 0 Å². The van der Waals surface area contributed by atoms with Crippen LogP contribution in [-0.2, 0) is 0 Å². The van der Waals surface area contributed by atoms with Crippen LogP contribution in [0.3, 0.4) is 0 Å². The number of methoxy groups -OCH3 is 1. The Labute approximate surface area is 110 Å². The minimum Gasteiger partial charge on any atom is -0.493 e. The van der Waals surface area contributed by atoms with Crippen LogP contribution in [0.5, 0.6) is 5.75 Å². The number of hydrogen-bond donors (Lipinski definition) is 1. The van der Waals surface area contributed by atoms with Crippen LogP contribution in [-0.4, -0.2) is 18.1 Å². The van der Waals surface area contributed by atoms with E-state index >= 15 is 0 Å². The molecule has 3 nitrogen and oxygen atoms in total. The number of pyridine rings is 1.